The van der Waals surface area contributed by atoms with Gasteiger partial charge in [-0.2, -0.15) is 0 Å². The minimum absolute atomic E-state index is 0.166. The van der Waals surface area contributed by atoms with Crippen LogP contribution in [-0.2, 0) is 0 Å². The number of fused-ring (bicyclic) bond motifs is 1. The molecule has 3 aromatic rings. The molecule has 4 rings (SSSR count). The molecule has 4 nitrogen and oxygen atoms in total. The minimum atomic E-state index is -0.166. The predicted octanol–water partition coefficient (Wildman–Crippen LogP) is 4.17. The SMILES string of the molecule is Cc1cc(Br)c2nc(N3CCN(c4ccccc4F)CC3)cnc2c1. The van der Waals surface area contributed by atoms with Gasteiger partial charge < -0.3 is 9.80 Å². The first-order valence-corrected chi connectivity index (χ1v) is 9.08. The first kappa shape index (κ1) is 16.3. The molecule has 128 valence electrons. The minimum Gasteiger partial charge on any atom is -0.366 e. The second kappa shape index (κ2) is 6.59. The number of nitrogens with zero attached hydrogens (tertiary/aromatic N) is 4. The molecule has 0 aliphatic carbocycles. The van der Waals surface area contributed by atoms with Crippen molar-refractivity contribution in [1.29, 1.82) is 0 Å². The van der Waals surface area contributed by atoms with E-state index in [0.717, 1.165) is 53.1 Å². The number of para-hydroxylation sites is 1. The molecule has 0 spiro atoms. The molecule has 2 aromatic carbocycles. The summed E-state index contributed by atoms with van der Waals surface area (Å²) in [5, 5.41) is 0. The fourth-order valence-corrected chi connectivity index (χ4v) is 3.89. The van der Waals surface area contributed by atoms with Crippen molar-refractivity contribution < 1.29 is 4.39 Å². The van der Waals surface area contributed by atoms with Crippen LogP contribution in [0.3, 0.4) is 0 Å². The lowest BCUT2D eigenvalue weighted by molar-refractivity contribution is 0.596. The smallest absolute Gasteiger partial charge is 0.148 e. The molecule has 0 amide bonds. The Hall–Kier alpha value is -2.21. The Morgan fingerprint density at radius 1 is 1.04 bits per heavy atom. The maximum absolute atomic E-state index is 14.0. The van der Waals surface area contributed by atoms with Crippen LogP contribution in [0.25, 0.3) is 11.0 Å². The van der Waals surface area contributed by atoms with E-state index in [4.69, 9.17) is 4.98 Å². The van der Waals surface area contributed by atoms with E-state index in [-0.39, 0.29) is 5.82 Å². The van der Waals surface area contributed by atoms with Crippen molar-refractivity contribution in [3.8, 4) is 0 Å². The number of benzene rings is 2. The van der Waals surface area contributed by atoms with Crippen LogP contribution in [0, 0.1) is 12.7 Å². The van der Waals surface area contributed by atoms with Gasteiger partial charge in [0.15, 0.2) is 0 Å². The normalized spacial score (nSPS) is 15.0. The number of aryl methyl sites for hydroxylation is 1. The van der Waals surface area contributed by atoms with Crippen molar-refractivity contribution >= 4 is 38.5 Å². The predicted molar refractivity (Wildman–Crippen MR) is 103 cm³/mol. The summed E-state index contributed by atoms with van der Waals surface area (Å²) in [6, 6.07) is 11.0. The second-order valence-electron chi connectivity index (χ2n) is 6.27. The van der Waals surface area contributed by atoms with E-state index in [1.54, 1.807) is 6.07 Å². The monoisotopic (exact) mass is 400 g/mol. The highest BCUT2D eigenvalue weighted by atomic mass is 79.9. The Kier molecular flexibility index (Phi) is 4.29. The molecule has 0 radical (unpaired) electrons. The van der Waals surface area contributed by atoms with Crippen molar-refractivity contribution in [1.82, 2.24) is 9.97 Å². The van der Waals surface area contributed by atoms with Crippen LogP contribution >= 0.6 is 15.9 Å². The molecule has 1 aliphatic heterocycles. The average molecular weight is 401 g/mol. The van der Waals surface area contributed by atoms with Crippen molar-refractivity contribution in [2.75, 3.05) is 36.0 Å². The molecule has 1 fully saturated rings. The van der Waals surface area contributed by atoms with Gasteiger partial charge in [-0.25, -0.2) is 9.37 Å². The van der Waals surface area contributed by atoms with E-state index >= 15 is 0 Å². The lowest BCUT2D eigenvalue weighted by Gasteiger charge is -2.36. The largest absolute Gasteiger partial charge is 0.366 e. The molecule has 1 aromatic heterocycles. The van der Waals surface area contributed by atoms with Gasteiger partial charge in [0.1, 0.15) is 17.2 Å². The first-order chi connectivity index (χ1) is 12.1. The average Bonchev–Trinajstić information content (AvgIpc) is 2.62. The summed E-state index contributed by atoms with van der Waals surface area (Å²) in [7, 11) is 0. The maximum Gasteiger partial charge on any atom is 0.148 e. The van der Waals surface area contributed by atoms with E-state index in [1.165, 1.54) is 6.07 Å². The van der Waals surface area contributed by atoms with E-state index in [1.807, 2.05) is 31.3 Å². The van der Waals surface area contributed by atoms with Crippen LogP contribution in [0.15, 0.2) is 47.1 Å². The van der Waals surface area contributed by atoms with Crippen LogP contribution in [0.4, 0.5) is 15.9 Å². The molecule has 6 heteroatoms. The number of piperazine rings is 1. The fourth-order valence-electron chi connectivity index (χ4n) is 3.23. The quantitative estimate of drug-likeness (QED) is 0.646. The number of hydrogen-bond acceptors (Lipinski definition) is 4. The third-order valence-electron chi connectivity index (χ3n) is 4.53. The lowest BCUT2D eigenvalue weighted by atomic mass is 10.2. The topological polar surface area (TPSA) is 32.3 Å². The number of hydrogen-bond donors (Lipinski definition) is 0. The Balaban J connectivity index is 1.55. The van der Waals surface area contributed by atoms with Gasteiger partial charge >= 0.3 is 0 Å². The highest BCUT2D eigenvalue weighted by molar-refractivity contribution is 9.10. The van der Waals surface area contributed by atoms with Gasteiger partial charge in [0.25, 0.3) is 0 Å². The fraction of sp³-hybridized carbons (Fsp3) is 0.263. The van der Waals surface area contributed by atoms with Crippen LogP contribution in [0.5, 0.6) is 0 Å². The highest BCUT2D eigenvalue weighted by Crippen LogP contribution is 2.26. The lowest BCUT2D eigenvalue weighted by Crippen LogP contribution is -2.47. The molecule has 25 heavy (non-hydrogen) atoms. The zero-order valence-electron chi connectivity index (χ0n) is 13.9. The molecule has 2 heterocycles. The van der Waals surface area contributed by atoms with Crippen molar-refractivity contribution in [3.05, 3.63) is 58.4 Å². The number of aromatic nitrogens is 2. The molecule has 0 N–H and O–H groups in total. The second-order valence-corrected chi connectivity index (χ2v) is 7.12. The van der Waals surface area contributed by atoms with Gasteiger partial charge in [-0.1, -0.05) is 12.1 Å². The van der Waals surface area contributed by atoms with Crippen LogP contribution in [-0.4, -0.2) is 36.1 Å². The standard InChI is InChI=1S/C19H18BrFN4/c1-13-10-14(20)19-16(11-13)22-12-18(23-19)25-8-6-24(7-9-25)17-5-3-2-4-15(17)21/h2-5,10-12H,6-9H2,1H3. The summed E-state index contributed by atoms with van der Waals surface area (Å²) in [5.74, 6) is 0.700. The molecular weight excluding hydrogens is 383 g/mol. The van der Waals surface area contributed by atoms with Crippen molar-refractivity contribution in [2.24, 2.45) is 0 Å². The van der Waals surface area contributed by atoms with Crippen LogP contribution < -0.4 is 9.80 Å². The van der Waals surface area contributed by atoms with Crippen LogP contribution in [0.1, 0.15) is 5.56 Å². The maximum atomic E-state index is 14.0. The van der Waals surface area contributed by atoms with Crippen LogP contribution in [0.2, 0.25) is 0 Å². The van der Waals surface area contributed by atoms with Gasteiger partial charge in [-0.15, -0.1) is 0 Å². The summed E-state index contributed by atoms with van der Waals surface area (Å²) in [5.41, 5.74) is 3.59. The van der Waals surface area contributed by atoms with Crippen molar-refractivity contribution in [2.45, 2.75) is 6.92 Å². The third kappa shape index (κ3) is 3.18. The van der Waals surface area contributed by atoms with E-state index in [9.17, 15) is 4.39 Å². The summed E-state index contributed by atoms with van der Waals surface area (Å²) in [4.78, 5) is 13.6. The van der Waals surface area contributed by atoms with E-state index < -0.39 is 0 Å². The third-order valence-corrected chi connectivity index (χ3v) is 5.13. The first-order valence-electron chi connectivity index (χ1n) is 8.29. The van der Waals surface area contributed by atoms with E-state index in [2.05, 4.69) is 36.8 Å². The van der Waals surface area contributed by atoms with Gasteiger partial charge in [0.2, 0.25) is 0 Å². The Labute approximate surface area is 154 Å². The summed E-state index contributed by atoms with van der Waals surface area (Å²) in [6.45, 7) is 5.14. The number of anilines is 2. The summed E-state index contributed by atoms with van der Waals surface area (Å²) in [6.07, 6.45) is 1.83. The number of rotatable bonds is 2. The molecule has 1 aliphatic rings. The highest BCUT2D eigenvalue weighted by Gasteiger charge is 2.20. The molecule has 0 unspecified atom stereocenters. The molecule has 0 atom stereocenters. The van der Waals surface area contributed by atoms with Crippen molar-refractivity contribution in [3.63, 3.8) is 0 Å². The van der Waals surface area contributed by atoms with Gasteiger partial charge in [-0.05, 0) is 52.7 Å². The zero-order chi connectivity index (χ0) is 17.4. The zero-order valence-corrected chi connectivity index (χ0v) is 15.5. The molecular formula is C19H18BrFN4. The Morgan fingerprint density at radius 2 is 1.76 bits per heavy atom. The molecule has 1 saturated heterocycles. The molecule has 0 saturated carbocycles. The van der Waals surface area contributed by atoms with E-state index in [0.29, 0.717) is 5.69 Å². The van der Waals surface area contributed by atoms with Gasteiger partial charge in [0.05, 0.1) is 17.4 Å². The Morgan fingerprint density at radius 3 is 2.52 bits per heavy atom. The Bertz CT molecular complexity index is 922. The summed E-state index contributed by atoms with van der Waals surface area (Å²) < 4.78 is 14.9. The van der Waals surface area contributed by atoms with Gasteiger partial charge in [0, 0.05) is 30.7 Å². The number of halogens is 2. The van der Waals surface area contributed by atoms with Gasteiger partial charge in [-0.3, -0.25) is 4.98 Å². The molecule has 0 bridgehead atoms. The summed E-state index contributed by atoms with van der Waals surface area (Å²) >= 11 is 3.58.